The highest BCUT2D eigenvalue weighted by molar-refractivity contribution is 6.31. The number of hydrogen-bond acceptors (Lipinski definition) is 2. The number of alkyl halides is 6. The lowest BCUT2D eigenvalue weighted by Crippen LogP contribution is -2.75. The van der Waals surface area contributed by atoms with Crippen LogP contribution in [0.25, 0.3) is 0 Å². The Morgan fingerprint density at radius 2 is 1.37 bits per heavy atom. The number of hydrogen-bond donors (Lipinski definition) is 2. The van der Waals surface area contributed by atoms with Crippen molar-refractivity contribution in [3.63, 3.8) is 0 Å². The van der Waals surface area contributed by atoms with Crippen molar-refractivity contribution < 1.29 is 31.1 Å². The summed E-state index contributed by atoms with van der Waals surface area (Å²) in [5, 5.41) is 2.46. The van der Waals surface area contributed by atoms with Crippen molar-refractivity contribution >= 4 is 17.5 Å². The minimum atomic E-state index is -5.88. The number of carbonyl (C=O) groups is 1. The van der Waals surface area contributed by atoms with Crippen molar-refractivity contribution in [1.29, 1.82) is 0 Å². The summed E-state index contributed by atoms with van der Waals surface area (Å²) >= 11 is 5.79. The average molecular weight is 411 g/mol. The van der Waals surface area contributed by atoms with Gasteiger partial charge in [0.2, 0.25) is 0 Å². The van der Waals surface area contributed by atoms with Crippen LogP contribution < -0.4 is 10.6 Å². The molecule has 0 atom stereocenters. The van der Waals surface area contributed by atoms with Crippen LogP contribution in [0, 0.1) is 0 Å². The maximum absolute atomic E-state index is 13.5. The van der Waals surface area contributed by atoms with Gasteiger partial charge in [-0.15, -0.1) is 0 Å². The predicted molar refractivity (Wildman–Crippen MR) is 87.0 cm³/mol. The van der Waals surface area contributed by atoms with E-state index in [1.54, 1.807) is 0 Å². The highest BCUT2D eigenvalue weighted by atomic mass is 35.5. The Bertz CT molecular complexity index is 778. The van der Waals surface area contributed by atoms with Gasteiger partial charge in [-0.25, -0.2) is 0 Å². The van der Waals surface area contributed by atoms with Crippen LogP contribution in [-0.2, 0) is 6.54 Å². The van der Waals surface area contributed by atoms with E-state index in [2.05, 4.69) is 0 Å². The molecule has 0 saturated heterocycles. The Kier molecular flexibility index (Phi) is 6.06. The highest BCUT2D eigenvalue weighted by Crippen LogP contribution is 2.41. The van der Waals surface area contributed by atoms with Gasteiger partial charge >= 0.3 is 12.4 Å². The van der Waals surface area contributed by atoms with Crippen LogP contribution in [0.3, 0.4) is 0 Å². The molecule has 2 aromatic carbocycles. The van der Waals surface area contributed by atoms with E-state index in [1.807, 2.05) is 0 Å². The van der Waals surface area contributed by atoms with Gasteiger partial charge in [-0.3, -0.25) is 10.1 Å². The van der Waals surface area contributed by atoms with Crippen LogP contribution in [0.2, 0.25) is 5.02 Å². The molecule has 1 amide bonds. The number of halogens is 7. The fraction of sp³-hybridized carbons (Fsp3) is 0.235. The topological polar surface area (TPSA) is 41.1 Å². The van der Waals surface area contributed by atoms with Crippen molar-refractivity contribution in [2.24, 2.45) is 0 Å². The van der Waals surface area contributed by atoms with Gasteiger partial charge in [0.1, 0.15) is 0 Å². The molecule has 0 saturated carbocycles. The van der Waals surface area contributed by atoms with E-state index in [9.17, 15) is 31.1 Å². The van der Waals surface area contributed by atoms with E-state index >= 15 is 0 Å². The zero-order chi connectivity index (χ0) is 20.3. The summed E-state index contributed by atoms with van der Waals surface area (Å²) in [4.78, 5) is 12.1. The first-order chi connectivity index (χ1) is 12.5. The summed E-state index contributed by atoms with van der Waals surface area (Å²) < 4.78 is 81.1. The Labute approximate surface area is 155 Å². The van der Waals surface area contributed by atoms with E-state index in [-0.39, 0.29) is 16.1 Å². The molecule has 3 nitrogen and oxygen atoms in total. The van der Waals surface area contributed by atoms with Crippen LogP contribution in [0.4, 0.5) is 26.3 Å². The van der Waals surface area contributed by atoms with Crippen LogP contribution in [0.1, 0.15) is 15.9 Å². The minimum absolute atomic E-state index is 0.00556. The van der Waals surface area contributed by atoms with Gasteiger partial charge in [0.15, 0.2) is 0 Å². The lowest BCUT2D eigenvalue weighted by atomic mass is 10.1. The number of rotatable bonds is 5. The van der Waals surface area contributed by atoms with Crippen LogP contribution in [-0.4, -0.2) is 23.9 Å². The molecule has 10 heteroatoms. The first kappa shape index (κ1) is 21.0. The van der Waals surface area contributed by atoms with Crippen LogP contribution in [0.15, 0.2) is 54.6 Å². The van der Waals surface area contributed by atoms with Crippen LogP contribution in [0.5, 0.6) is 0 Å². The third kappa shape index (κ3) is 4.54. The Hall–Kier alpha value is -2.26. The number of carbonyl (C=O) groups excluding carboxylic acids is 1. The molecule has 0 bridgehead atoms. The molecule has 0 aliphatic rings. The second-order valence-electron chi connectivity index (χ2n) is 5.51. The molecule has 2 aromatic rings. The Balaban J connectivity index is 2.41. The largest absolute Gasteiger partial charge is 0.434 e. The smallest absolute Gasteiger partial charge is 0.319 e. The van der Waals surface area contributed by atoms with Crippen molar-refractivity contribution in [3.8, 4) is 0 Å². The molecule has 0 aromatic heterocycles. The summed E-state index contributed by atoms with van der Waals surface area (Å²) in [6.07, 6.45) is -11.8. The zero-order valence-corrected chi connectivity index (χ0v) is 14.2. The normalized spacial score (nSPS) is 12.7. The number of benzene rings is 2. The molecule has 0 heterocycles. The van der Waals surface area contributed by atoms with Gasteiger partial charge < -0.3 is 5.32 Å². The molecule has 146 valence electrons. The fourth-order valence-electron chi connectivity index (χ4n) is 2.25. The van der Waals surface area contributed by atoms with E-state index in [1.165, 1.54) is 47.8 Å². The third-order valence-electron chi connectivity index (χ3n) is 3.69. The lowest BCUT2D eigenvalue weighted by molar-refractivity contribution is -0.314. The summed E-state index contributed by atoms with van der Waals surface area (Å²) in [6.45, 7) is -0.881. The SMILES string of the molecule is O=C(NC(NCc1ccccc1Cl)(C(F)(F)F)C(F)(F)F)c1ccccc1. The molecule has 27 heavy (non-hydrogen) atoms. The van der Waals surface area contributed by atoms with Gasteiger partial charge in [-0.1, -0.05) is 48.0 Å². The lowest BCUT2D eigenvalue weighted by Gasteiger charge is -2.38. The minimum Gasteiger partial charge on any atom is -0.319 e. The standard InChI is InChI=1S/C17H13ClF6N2O/c18-13-9-5-4-8-12(13)10-25-15(16(19,20)21,17(22,23)24)26-14(27)11-6-2-1-3-7-11/h1-9,25H,10H2,(H,26,27). The van der Waals surface area contributed by atoms with Gasteiger partial charge in [-0.05, 0) is 23.8 Å². The van der Waals surface area contributed by atoms with E-state index in [0.29, 0.717) is 0 Å². The summed E-state index contributed by atoms with van der Waals surface area (Å²) in [7, 11) is 0. The summed E-state index contributed by atoms with van der Waals surface area (Å²) in [6, 6.07) is 11.8. The molecule has 2 rings (SSSR count). The van der Waals surface area contributed by atoms with Gasteiger partial charge in [0, 0.05) is 17.1 Å². The number of nitrogens with one attached hydrogen (secondary N) is 2. The van der Waals surface area contributed by atoms with Gasteiger partial charge in [0.25, 0.3) is 11.6 Å². The first-order valence-corrected chi connectivity index (χ1v) is 7.85. The van der Waals surface area contributed by atoms with E-state index in [4.69, 9.17) is 11.6 Å². The number of amides is 1. The molecule has 0 spiro atoms. The molecular weight excluding hydrogens is 398 g/mol. The van der Waals surface area contributed by atoms with Crippen molar-refractivity contribution in [1.82, 2.24) is 10.6 Å². The maximum Gasteiger partial charge on any atom is 0.434 e. The first-order valence-electron chi connectivity index (χ1n) is 7.47. The zero-order valence-electron chi connectivity index (χ0n) is 13.5. The van der Waals surface area contributed by atoms with E-state index < -0.39 is 30.5 Å². The molecule has 0 unspecified atom stereocenters. The highest BCUT2D eigenvalue weighted by Gasteiger charge is 2.72. The molecule has 2 N–H and O–H groups in total. The second kappa shape index (κ2) is 7.77. The third-order valence-corrected chi connectivity index (χ3v) is 4.06. The average Bonchev–Trinajstić information content (AvgIpc) is 2.58. The van der Waals surface area contributed by atoms with Crippen molar-refractivity contribution in [3.05, 3.63) is 70.7 Å². The molecule has 0 fully saturated rings. The monoisotopic (exact) mass is 410 g/mol. The molecule has 0 aliphatic heterocycles. The Morgan fingerprint density at radius 3 is 1.89 bits per heavy atom. The summed E-state index contributed by atoms with van der Waals surface area (Å²) in [5.74, 6) is -1.53. The van der Waals surface area contributed by atoms with Crippen LogP contribution >= 0.6 is 11.6 Å². The summed E-state index contributed by atoms with van der Waals surface area (Å²) in [5.41, 5.74) is -5.01. The van der Waals surface area contributed by atoms with E-state index in [0.717, 1.165) is 17.4 Å². The van der Waals surface area contributed by atoms with Gasteiger partial charge in [-0.2, -0.15) is 26.3 Å². The van der Waals surface area contributed by atoms with Gasteiger partial charge in [0.05, 0.1) is 0 Å². The molecule has 0 radical (unpaired) electrons. The quantitative estimate of drug-likeness (QED) is 0.555. The van der Waals surface area contributed by atoms with Crippen molar-refractivity contribution in [2.75, 3.05) is 0 Å². The van der Waals surface area contributed by atoms with Crippen molar-refractivity contribution in [2.45, 2.75) is 24.6 Å². The maximum atomic E-state index is 13.5. The fourth-order valence-corrected chi connectivity index (χ4v) is 2.45. The molecule has 0 aliphatic carbocycles. The molecular formula is C17H13ClF6N2O. The predicted octanol–water partition coefficient (Wildman–Crippen LogP) is 4.68. The second-order valence-corrected chi connectivity index (χ2v) is 5.92. The Morgan fingerprint density at radius 1 is 0.852 bits per heavy atom.